The van der Waals surface area contributed by atoms with Gasteiger partial charge < -0.3 is 45.2 Å². The van der Waals surface area contributed by atoms with E-state index in [-0.39, 0.29) is 5.90 Å². The first-order valence-electron chi connectivity index (χ1n) is 10.2. The Hall–Kier alpha value is 0.0494. The van der Waals surface area contributed by atoms with Crippen molar-refractivity contribution in [2.45, 2.75) is 37.3 Å². The Balaban J connectivity index is 0.00000155. The summed E-state index contributed by atoms with van der Waals surface area (Å²) in [5.41, 5.74) is 1.36. The third-order valence-corrected chi connectivity index (χ3v) is 6.96. The fourth-order valence-corrected chi connectivity index (χ4v) is 5.47. The molecular formula is C21H29ClN3O2S2Tc+. The van der Waals surface area contributed by atoms with Crippen molar-refractivity contribution < 1.29 is 27.5 Å². The van der Waals surface area contributed by atoms with Gasteiger partial charge in [-0.1, -0.05) is 23.7 Å². The molecule has 2 heterocycles. The van der Waals surface area contributed by atoms with Gasteiger partial charge in [-0.05, 0) is 68.3 Å². The predicted molar refractivity (Wildman–Crippen MR) is 121 cm³/mol. The van der Waals surface area contributed by atoms with Gasteiger partial charge in [0.1, 0.15) is 0 Å². The van der Waals surface area contributed by atoms with Crippen LogP contribution >= 0.6 is 11.6 Å². The summed E-state index contributed by atoms with van der Waals surface area (Å²) in [4.78, 5) is 8.84. The number of aliphatic imine (C=N–C) groups is 1. The molecule has 1 aromatic carbocycles. The summed E-state index contributed by atoms with van der Waals surface area (Å²) in [6.45, 7) is 2.39. The van der Waals surface area contributed by atoms with Crippen LogP contribution in [0.2, 0.25) is 5.02 Å². The van der Waals surface area contributed by atoms with Gasteiger partial charge >= 0.3 is 22.4 Å². The first kappa shape index (κ1) is 26.3. The summed E-state index contributed by atoms with van der Waals surface area (Å²) in [5.74, 6) is 1.99. The molecule has 0 radical (unpaired) electrons. The van der Waals surface area contributed by atoms with Gasteiger partial charge in [0, 0.05) is 36.7 Å². The maximum absolute atomic E-state index is 12.2. The fraction of sp³-hybridized carbons (Fsp3) is 0.667. The van der Waals surface area contributed by atoms with Crippen molar-refractivity contribution in [2.75, 3.05) is 44.7 Å². The van der Waals surface area contributed by atoms with E-state index >= 15 is 0 Å². The monoisotopic (exact) mass is 553 g/mol. The van der Waals surface area contributed by atoms with E-state index in [1.54, 1.807) is 0 Å². The van der Waals surface area contributed by atoms with Crippen molar-refractivity contribution in [1.82, 2.24) is 9.80 Å². The third-order valence-electron chi connectivity index (χ3n) is 6.34. The van der Waals surface area contributed by atoms with Gasteiger partial charge in [-0.2, -0.15) is 11.5 Å². The molecule has 3 rings (SSSR count). The van der Waals surface area contributed by atoms with E-state index in [1.807, 2.05) is 12.1 Å². The number of piperidine rings is 1. The first-order valence-corrected chi connectivity index (χ1v) is 12.5. The molecule has 2 unspecified atom stereocenters. The van der Waals surface area contributed by atoms with E-state index in [0.717, 1.165) is 43.4 Å². The summed E-state index contributed by atoms with van der Waals surface area (Å²) in [5, 5.41) is 13.0. The van der Waals surface area contributed by atoms with Crippen LogP contribution in [0.4, 0.5) is 0 Å². The van der Waals surface area contributed by atoms with Crippen LogP contribution in [-0.4, -0.2) is 72.5 Å². The Bertz CT molecular complexity index is 683. The van der Waals surface area contributed by atoms with Crippen LogP contribution in [0.15, 0.2) is 29.3 Å². The van der Waals surface area contributed by atoms with Gasteiger partial charge in [0.15, 0.2) is 0 Å². The minimum absolute atomic E-state index is 0.0789. The molecule has 2 aliphatic heterocycles. The number of hydrogen-bond donors (Lipinski definition) is 0. The summed E-state index contributed by atoms with van der Waals surface area (Å²) in [6, 6.07) is 9.53. The van der Waals surface area contributed by atoms with Crippen LogP contribution in [-0.2, 0) is 47.6 Å². The van der Waals surface area contributed by atoms with Crippen molar-refractivity contribution in [3.63, 3.8) is 0 Å². The molecule has 0 amide bonds. The van der Waals surface area contributed by atoms with E-state index in [2.05, 4.69) is 34.0 Å². The molecule has 0 spiro atoms. The second-order valence-electron chi connectivity index (χ2n) is 7.94. The van der Waals surface area contributed by atoms with Crippen LogP contribution in [0.1, 0.15) is 30.7 Å². The minimum atomic E-state index is -0.0789. The molecule has 2 bridgehead atoms. The zero-order chi connectivity index (χ0) is 22.1. The Kier molecular flexibility index (Phi) is 11.9. The zero-order valence-electron chi connectivity index (χ0n) is 17.2. The molecule has 5 nitrogen and oxygen atoms in total. The molecule has 30 heavy (non-hydrogen) atoms. The van der Waals surface area contributed by atoms with E-state index < -0.39 is 0 Å². The molecule has 2 saturated heterocycles. The number of benzene rings is 1. The topological polar surface area (TPSA) is 59.0 Å². The Morgan fingerprint density at radius 2 is 1.97 bits per heavy atom. The Labute approximate surface area is 206 Å². The number of rotatable bonds is 9. The molecular weight excluding hydrogens is 525 g/mol. The SMILES string of the molecule is CN1C2CCC1[C@@H](CN(CC[S-])CC([O-])=NCC[S-])[C@@H](c1ccc(Cl)cc1)C2.[O]=[99Tc+4]. The number of fused-ring (bicyclic) bond motifs is 2. The predicted octanol–water partition coefficient (Wildman–Crippen LogP) is 1.94. The molecule has 4 atom stereocenters. The van der Waals surface area contributed by atoms with Gasteiger partial charge in [0.2, 0.25) is 0 Å². The van der Waals surface area contributed by atoms with Crippen LogP contribution in [0.25, 0.3) is 0 Å². The summed E-state index contributed by atoms with van der Waals surface area (Å²) >= 11 is 17.2. The Morgan fingerprint density at radius 1 is 1.27 bits per heavy atom. The zero-order valence-corrected chi connectivity index (χ0v) is 21.5. The van der Waals surface area contributed by atoms with E-state index in [9.17, 15) is 5.11 Å². The summed E-state index contributed by atoms with van der Waals surface area (Å²) in [6.07, 6.45) is 3.65. The van der Waals surface area contributed by atoms with Crippen molar-refractivity contribution in [2.24, 2.45) is 10.9 Å². The van der Waals surface area contributed by atoms with E-state index in [4.69, 9.17) is 40.4 Å². The van der Waals surface area contributed by atoms with Crippen molar-refractivity contribution >= 4 is 42.8 Å². The van der Waals surface area contributed by atoms with Crippen LogP contribution in [0.5, 0.6) is 0 Å². The van der Waals surface area contributed by atoms with Gasteiger partial charge in [-0.25, -0.2) is 0 Å². The quantitative estimate of drug-likeness (QED) is 0.265. The number of halogens is 1. The fourth-order valence-electron chi connectivity index (χ4n) is 4.99. The molecule has 1 aromatic rings. The average molecular weight is 554 g/mol. The van der Waals surface area contributed by atoms with Crippen LogP contribution in [0, 0.1) is 5.92 Å². The molecule has 0 N–H and O–H groups in total. The van der Waals surface area contributed by atoms with Gasteiger partial charge in [0.05, 0.1) is 0 Å². The Morgan fingerprint density at radius 3 is 2.60 bits per heavy atom. The summed E-state index contributed by atoms with van der Waals surface area (Å²) in [7, 11) is 2.26. The molecule has 0 aromatic heterocycles. The van der Waals surface area contributed by atoms with Crippen molar-refractivity contribution in [3.05, 3.63) is 34.9 Å². The third kappa shape index (κ3) is 7.03. The standard InChI is InChI=1S/C21H32ClN3OS2.O.Tc/c1-24-17-6-7-20(24)19(18(12-17)15-2-4-16(22)5-3-15)13-25(9-11-28)14-21(26)23-8-10-27;;/h2-5,17-20,27-28H,6-14H2,1H3,(H,23,26);;/q;;+4/p-3/t17?,18-,19+,20?;;/m1../s1/i;;1+1. The molecule has 0 saturated carbocycles. The van der Waals surface area contributed by atoms with E-state index in [0.29, 0.717) is 48.5 Å². The van der Waals surface area contributed by atoms with Crippen molar-refractivity contribution in [1.29, 1.82) is 0 Å². The normalized spacial score (nSPS) is 26.6. The van der Waals surface area contributed by atoms with E-state index in [1.165, 1.54) is 18.4 Å². The summed E-state index contributed by atoms with van der Waals surface area (Å²) < 4.78 is 8.22. The molecule has 165 valence electrons. The van der Waals surface area contributed by atoms with Gasteiger partial charge in [0.25, 0.3) is 0 Å². The number of nitrogens with zero attached hydrogens (tertiary/aromatic N) is 3. The average Bonchev–Trinajstić information content (AvgIpc) is 2.99. The van der Waals surface area contributed by atoms with Gasteiger partial charge in [-0.15, -0.1) is 0 Å². The van der Waals surface area contributed by atoms with Crippen LogP contribution < -0.4 is 5.11 Å². The molecule has 2 aliphatic rings. The molecule has 2 fully saturated rings. The van der Waals surface area contributed by atoms with Crippen LogP contribution in [0.3, 0.4) is 0 Å². The number of hydrogen-bond acceptors (Lipinski definition) is 7. The molecule has 9 heteroatoms. The maximum atomic E-state index is 12.2. The van der Waals surface area contributed by atoms with Crippen molar-refractivity contribution in [3.8, 4) is 0 Å². The second-order valence-corrected chi connectivity index (χ2v) is 9.19. The molecule has 0 aliphatic carbocycles. The van der Waals surface area contributed by atoms with Gasteiger partial charge in [-0.3, -0.25) is 0 Å². The second kappa shape index (κ2) is 13.6. The first-order chi connectivity index (χ1) is 14.5.